The molecule has 2 fully saturated rings. The van der Waals surface area contributed by atoms with E-state index in [4.69, 9.17) is 5.73 Å². The maximum Gasteiger partial charge on any atom is 0.318 e. The molecule has 0 aromatic heterocycles. The minimum atomic E-state index is -0.775. The van der Waals surface area contributed by atoms with Crippen LogP contribution >= 0.6 is 0 Å². The van der Waals surface area contributed by atoms with Crippen LogP contribution in [0.1, 0.15) is 19.8 Å². The van der Waals surface area contributed by atoms with Crippen molar-refractivity contribution < 1.29 is 9.59 Å². The highest BCUT2D eigenvalue weighted by atomic mass is 16.2. The van der Waals surface area contributed by atoms with Crippen LogP contribution in [0.25, 0.3) is 0 Å². The number of likely N-dealkylation sites (tertiary alicyclic amines) is 1. The molecule has 0 saturated carbocycles. The average molecular weight is 254 g/mol. The van der Waals surface area contributed by atoms with E-state index in [1.165, 1.54) is 0 Å². The molecule has 2 aliphatic heterocycles. The van der Waals surface area contributed by atoms with E-state index in [0.29, 0.717) is 0 Å². The van der Waals surface area contributed by atoms with Crippen molar-refractivity contribution in [3.8, 4) is 0 Å². The van der Waals surface area contributed by atoms with Crippen molar-refractivity contribution in [2.75, 3.05) is 26.2 Å². The number of primary amides is 1. The van der Waals surface area contributed by atoms with Crippen LogP contribution in [0.4, 0.5) is 4.79 Å². The third kappa shape index (κ3) is 3.00. The Morgan fingerprint density at radius 3 is 2.33 bits per heavy atom. The molecule has 3 atom stereocenters. The van der Waals surface area contributed by atoms with Gasteiger partial charge >= 0.3 is 6.03 Å². The van der Waals surface area contributed by atoms with Crippen molar-refractivity contribution in [3.63, 3.8) is 0 Å². The molecule has 4 N–H and O–H groups in total. The van der Waals surface area contributed by atoms with Gasteiger partial charge in [-0.1, -0.05) is 0 Å². The summed E-state index contributed by atoms with van der Waals surface area (Å²) in [6.45, 7) is 5.85. The Morgan fingerprint density at radius 1 is 1.28 bits per heavy atom. The molecule has 2 heterocycles. The lowest BCUT2D eigenvalue weighted by atomic mass is 9.92. The molecule has 0 spiro atoms. The second kappa shape index (κ2) is 5.67. The molecule has 0 bridgehead atoms. The number of carbonyl (C=O) groups is 2. The van der Waals surface area contributed by atoms with Crippen molar-refractivity contribution in [1.82, 2.24) is 15.5 Å². The minimum Gasteiger partial charge on any atom is -0.351 e. The Labute approximate surface area is 107 Å². The molecule has 2 rings (SSSR count). The lowest BCUT2D eigenvalue weighted by Crippen LogP contribution is -2.48. The summed E-state index contributed by atoms with van der Waals surface area (Å²) in [5.41, 5.74) is 4.97. The van der Waals surface area contributed by atoms with Gasteiger partial charge in [0.15, 0.2) is 0 Å². The molecule has 2 saturated heterocycles. The first kappa shape index (κ1) is 13.3. The average Bonchev–Trinajstić information content (AvgIpc) is 2.67. The quantitative estimate of drug-likeness (QED) is 0.620. The van der Waals surface area contributed by atoms with Crippen LogP contribution in [-0.4, -0.2) is 49.1 Å². The highest BCUT2D eigenvalue weighted by molar-refractivity contribution is 5.96. The number of amides is 3. The molecule has 2 aliphatic rings. The van der Waals surface area contributed by atoms with Crippen molar-refractivity contribution in [3.05, 3.63) is 0 Å². The number of nitrogens with one attached hydrogen (secondary N) is 2. The maximum atomic E-state index is 11.7. The van der Waals surface area contributed by atoms with Crippen LogP contribution < -0.4 is 16.4 Å². The van der Waals surface area contributed by atoms with Gasteiger partial charge in [0.25, 0.3) is 0 Å². The number of hydrogen-bond acceptors (Lipinski definition) is 4. The van der Waals surface area contributed by atoms with Gasteiger partial charge in [-0.25, -0.2) is 4.79 Å². The van der Waals surface area contributed by atoms with Crippen LogP contribution in [0, 0.1) is 11.8 Å². The Hall–Kier alpha value is -1.14. The zero-order valence-electron chi connectivity index (χ0n) is 10.8. The molecule has 0 aromatic rings. The molecule has 1 unspecified atom stereocenters. The van der Waals surface area contributed by atoms with E-state index in [0.717, 1.165) is 50.9 Å². The topological polar surface area (TPSA) is 87.5 Å². The minimum absolute atomic E-state index is 0.288. The standard InChI is InChI=1S/C12H22N4O2/c1-8(11(17)15-12(13)18)16-4-2-9-6-14-7-10(9)3-5-16/h8-10,14H,2-7H2,1H3,(H3,13,15,17,18)/t8?,9-,10+. The number of fused-ring (bicyclic) bond motifs is 1. The maximum absolute atomic E-state index is 11.7. The molecule has 0 radical (unpaired) electrons. The summed E-state index contributed by atoms with van der Waals surface area (Å²) in [7, 11) is 0. The van der Waals surface area contributed by atoms with E-state index in [9.17, 15) is 9.59 Å². The molecule has 0 aliphatic carbocycles. The van der Waals surface area contributed by atoms with Gasteiger partial charge in [0.2, 0.25) is 5.91 Å². The summed E-state index contributed by atoms with van der Waals surface area (Å²) in [5, 5.41) is 5.58. The van der Waals surface area contributed by atoms with E-state index < -0.39 is 6.03 Å². The fraction of sp³-hybridized carbons (Fsp3) is 0.833. The van der Waals surface area contributed by atoms with Gasteiger partial charge in [0.1, 0.15) is 0 Å². The zero-order chi connectivity index (χ0) is 13.1. The van der Waals surface area contributed by atoms with E-state index in [1.807, 2.05) is 6.92 Å². The molecule has 6 nitrogen and oxygen atoms in total. The monoisotopic (exact) mass is 254 g/mol. The summed E-state index contributed by atoms with van der Waals surface area (Å²) < 4.78 is 0. The Kier molecular flexibility index (Phi) is 4.19. The lowest BCUT2D eigenvalue weighted by molar-refractivity contribution is -0.124. The summed E-state index contributed by atoms with van der Waals surface area (Å²) in [5.74, 6) is 1.18. The summed E-state index contributed by atoms with van der Waals surface area (Å²) in [6.07, 6.45) is 2.23. The van der Waals surface area contributed by atoms with Crippen LogP contribution in [0.15, 0.2) is 0 Å². The number of rotatable bonds is 2. The van der Waals surface area contributed by atoms with Gasteiger partial charge < -0.3 is 11.1 Å². The van der Waals surface area contributed by atoms with Crippen LogP contribution in [0.5, 0.6) is 0 Å². The molecule has 3 amide bonds. The third-order valence-electron chi connectivity index (χ3n) is 4.23. The van der Waals surface area contributed by atoms with Crippen molar-refractivity contribution >= 4 is 11.9 Å². The smallest absolute Gasteiger partial charge is 0.318 e. The van der Waals surface area contributed by atoms with Gasteiger partial charge in [-0.15, -0.1) is 0 Å². The Bertz CT molecular complexity index is 320. The first-order valence-corrected chi connectivity index (χ1v) is 6.63. The second-order valence-corrected chi connectivity index (χ2v) is 5.32. The predicted molar refractivity (Wildman–Crippen MR) is 67.8 cm³/mol. The first-order chi connectivity index (χ1) is 8.58. The van der Waals surface area contributed by atoms with Gasteiger partial charge in [-0.05, 0) is 57.8 Å². The highest BCUT2D eigenvalue weighted by Gasteiger charge is 2.32. The second-order valence-electron chi connectivity index (χ2n) is 5.32. The highest BCUT2D eigenvalue weighted by Crippen LogP contribution is 2.27. The molecule has 0 aromatic carbocycles. The number of hydrogen-bond donors (Lipinski definition) is 3. The van der Waals surface area contributed by atoms with Gasteiger partial charge in [0.05, 0.1) is 6.04 Å². The van der Waals surface area contributed by atoms with Crippen LogP contribution in [0.2, 0.25) is 0 Å². The fourth-order valence-electron chi connectivity index (χ4n) is 3.02. The molecular formula is C12H22N4O2. The normalized spacial score (nSPS) is 30.3. The predicted octanol–water partition coefficient (Wildman–Crippen LogP) is -0.499. The van der Waals surface area contributed by atoms with Gasteiger partial charge in [-0.2, -0.15) is 0 Å². The number of nitrogens with zero attached hydrogens (tertiary/aromatic N) is 1. The van der Waals surface area contributed by atoms with E-state index in [2.05, 4.69) is 15.5 Å². The number of imide groups is 1. The largest absolute Gasteiger partial charge is 0.351 e. The third-order valence-corrected chi connectivity index (χ3v) is 4.23. The van der Waals surface area contributed by atoms with Crippen molar-refractivity contribution in [2.45, 2.75) is 25.8 Å². The summed E-state index contributed by atoms with van der Waals surface area (Å²) in [4.78, 5) is 24.6. The van der Waals surface area contributed by atoms with E-state index >= 15 is 0 Å². The van der Waals surface area contributed by atoms with Crippen LogP contribution in [-0.2, 0) is 4.79 Å². The van der Waals surface area contributed by atoms with E-state index in [1.54, 1.807) is 0 Å². The number of carbonyl (C=O) groups excluding carboxylic acids is 2. The SMILES string of the molecule is CC(C(=O)NC(N)=O)N1CC[C@@H]2CNC[C@@H]2CC1. The molecule has 6 heteroatoms. The molecule has 102 valence electrons. The number of nitrogens with two attached hydrogens (primary N) is 1. The molecular weight excluding hydrogens is 232 g/mol. The fourth-order valence-corrected chi connectivity index (χ4v) is 3.02. The Balaban J connectivity index is 1.89. The zero-order valence-corrected chi connectivity index (χ0v) is 10.8. The van der Waals surface area contributed by atoms with Gasteiger partial charge in [0, 0.05) is 0 Å². The van der Waals surface area contributed by atoms with Crippen LogP contribution in [0.3, 0.4) is 0 Å². The summed E-state index contributed by atoms with van der Waals surface area (Å²) in [6, 6.07) is -1.06. The van der Waals surface area contributed by atoms with Crippen molar-refractivity contribution in [1.29, 1.82) is 0 Å². The Morgan fingerprint density at radius 2 is 1.83 bits per heavy atom. The van der Waals surface area contributed by atoms with Crippen molar-refractivity contribution in [2.24, 2.45) is 17.6 Å². The first-order valence-electron chi connectivity index (χ1n) is 6.63. The van der Waals surface area contributed by atoms with E-state index in [-0.39, 0.29) is 11.9 Å². The van der Waals surface area contributed by atoms with Gasteiger partial charge in [-0.3, -0.25) is 15.0 Å². The lowest BCUT2D eigenvalue weighted by Gasteiger charge is -2.26. The summed E-state index contributed by atoms with van der Waals surface area (Å²) >= 11 is 0. The molecule has 18 heavy (non-hydrogen) atoms. The number of urea groups is 1.